The maximum atomic E-state index is 12.8. The summed E-state index contributed by atoms with van der Waals surface area (Å²) < 4.78 is 38.5. The lowest BCUT2D eigenvalue weighted by Gasteiger charge is -2.16. The van der Waals surface area contributed by atoms with Crippen molar-refractivity contribution in [3.05, 3.63) is 70.3 Å². The summed E-state index contributed by atoms with van der Waals surface area (Å²) in [5.74, 6) is -0.462. The number of alkyl halides is 3. The van der Waals surface area contributed by atoms with Crippen LogP contribution in [0.2, 0.25) is 0 Å². The molecular weight excluding hydrogens is 367 g/mol. The van der Waals surface area contributed by atoms with E-state index in [4.69, 9.17) is 0 Å². The molecule has 1 aliphatic rings. The van der Waals surface area contributed by atoms with Gasteiger partial charge in [-0.1, -0.05) is 24.3 Å². The molecule has 0 saturated heterocycles. The Labute approximate surface area is 162 Å². The largest absolute Gasteiger partial charge is 0.416 e. The molecule has 2 aromatic rings. The van der Waals surface area contributed by atoms with Gasteiger partial charge in [0.15, 0.2) is 5.78 Å². The first-order valence-corrected chi connectivity index (χ1v) is 9.35. The second kappa shape index (κ2) is 8.17. The van der Waals surface area contributed by atoms with Gasteiger partial charge in [-0.2, -0.15) is 13.2 Å². The van der Waals surface area contributed by atoms with E-state index in [-0.39, 0.29) is 24.5 Å². The zero-order chi connectivity index (χ0) is 20.3. The molecule has 0 saturated carbocycles. The fourth-order valence-corrected chi connectivity index (χ4v) is 3.50. The molecule has 0 heterocycles. The van der Waals surface area contributed by atoms with E-state index in [0.29, 0.717) is 11.1 Å². The van der Waals surface area contributed by atoms with Crippen LogP contribution in [0.1, 0.15) is 64.8 Å². The number of fused-ring (bicyclic) bond motifs is 1. The van der Waals surface area contributed by atoms with Gasteiger partial charge in [0, 0.05) is 18.4 Å². The average molecular weight is 389 g/mol. The van der Waals surface area contributed by atoms with Gasteiger partial charge in [0.25, 0.3) is 0 Å². The van der Waals surface area contributed by atoms with Gasteiger partial charge in [0.05, 0.1) is 11.6 Å². The van der Waals surface area contributed by atoms with E-state index >= 15 is 0 Å². The van der Waals surface area contributed by atoms with E-state index in [1.807, 2.05) is 12.1 Å². The second-order valence-corrected chi connectivity index (χ2v) is 7.17. The molecule has 1 aliphatic carbocycles. The third-order valence-electron chi connectivity index (χ3n) is 5.09. The maximum Gasteiger partial charge on any atom is 0.416 e. The summed E-state index contributed by atoms with van der Waals surface area (Å²) in [6.45, 7) is 1.62. The lowest BCUT2D eigenvalue weighted by atomic mass is 10.0. The Morgan fingerprint density at radius 2 is 1.79 bits per heavy atom. The van der Waals surface area contributed by atoms with Crippen LogP contribution in [0.5, 0.6) is 0 Å². The number of amides is 1. The molecule has 3 nitrogen and oxygen atoms in total. The van der Waals surface area contributed by atoms with Crippen LogP contribution in [0, 0.1) is 0 Å². The van der Waals surface area contributed by atoms with E-state index in [1.165, 1.54) is 23.3 Å². The number of hydrogen-bond acceptors (Lipinski definition) is 2. The van der Waals surface area contributed by atoms with Gasteiger partial charge < -0.3 is 5.32 Å². The maximum absolute atomic E-state index is 12.8. The van der Waals surface area contributed by atoms with Gasteiger partial charge in [0.2, 0.25) is 5.91 Å². The lowest BCUT2D eigenvalue weighted by molar-refractivity contribution is -0.137. The van der Waals surface area contributed by atoms with Gasteiger partial charge >= 0.3 is 6.18 Å². The first-order chi connectivity index (χ1) is 13.2. The average Bonchev–Trinajstić information content (AvgIpc) is 3.13. The Morgan fingerprint density at radius 3 is 2.54 bits per heavy atom. The molecule has 28 heavy (non-hydrogen) atoms. The Kier molecular flexibility index (Phi) is 5.87. The second-order valence-electron chi connectivity index (χ2n) is 7.17. The van der Waals surface area contributed by atoms with Crippen LogP contribution in [-0.4, -0.2) is 11.7 Å². The third-order valence-corrected chi connectivity index (χ3v) is 5.09. The summed E-state index contributed by atoms with van der Waals surface area (Å²) in [5.41, 5.74) is 2.71. The van der Waals surface area contributed by atoms with Crippen molar-refractivity contribution in [3.63, 3.8) is 0 Å². The van der Waals surface area contributed by atoms with Crippen molar-refractivity contribution in [2.45, 2.75) is 51.2 Å². The number of rotatable bonds is 6. The Morgan fingerprint density at radius 1 is 1.04 bits per heavy atom. The first kappa shape index (κ1) is 20.1. The van der Waals surface area contributed by atoms with Crippen molar-refractivity contribution in [2.24, 2.45) is 0 Å². The van der Waals surface area contributed by atoms with E-state index in [1.54, 1.807) is 13.0 Å². The van der Waals surface area contributed by atoms with E-state index in [0.717, 1.165) is 31.4 Å². The van der Waals surface area contributed by atoms with Crippen molar-refractivity contribution in [2.75, 3.05) is 0 Å². The summed E-state index contributed by atoms with van der Waals surface area (Å²) in [6.07, 6.45) is -1.24. The highest BCUT2D eigenvalue weighted by Gasteiger charge is 2.30. The van der Waals surface area contributed by atoms with Crippen LogP contribution in [0.3, 0.4) is 0 Å². The van der Waals surface area contributed by atoms with E-state index < -0.39 is 17.8 Å². The predicted octanol–water partition coefficient (Wildman–Crippen LogP) is 5.03. The number of nitrogens with one attached hydrogen (secondary N) is 1. The minimum atomic E-state index is -4.43. The number of benzene rings is 2. The molecule has 1 amide bonds. The lowest BCUT2D eigenvalue weighted by Crippen LogP contribution is -2.27. The van der Waals surface area contributed by atoms with Crippen molar-refractivity contribution < 1.29 is 22.8 Å². The highest BCUT2D eigenvalue weighted by Crippen LogP contribution is 2.30. The van der Waals surface area contributed by atoms with Crippen LogP contribution >= 0.6 is 0 Å². The number of ketones is 1. The zero-order valence-corrected chi connectivity index (χ0v) is 15.6. The normalized spacial score (nSPS) is 14.4. The standard InChI is InChI=1S/C22H22F3NO2/c1-14(16-5-3-7-19(13-16)22(23,24)25)26-21(28)11-10-20(27)18-9-8-15-4-2-6-17(15)12-18/h3,5,7-9,12-14H,2,4,6,10-11H2,1H3,(H,26,28)/t14-/m0/s1. The number of carbonyl (C=O) groups excluding carboxylic acids is 2. The molecule has 0 unspecified atom stereocenters. The topological polar surface area (TPSA) is 46.2 Å². The fraction of sp³-hybridized carbons (Fsp3) is 0.364. The van der Waals surface area contributed by atoms with Crippen LogP contribution in [0.25, 0.3) is 0 Å². The minimum absolute atomic E-state index is 0.000774. The van der Waals surface area contributed by atoms with Crippen molar-refractivity contribution in [1.29, 1.82) is 0 Å². The molecule has 1 atom stereocenters. The smallest absolute Gasteiger partial charge is 0.350 e. The van der Waals surface area contributed by atoms with Crippen molar-refractivity contribution >= 4 is 11.7 Å². The molecule has 148 valence electrons. The predicted molar refractivity (Wildman–Crippen MR) is 100 cm³/mol. The summed E-state index contributed by atoms with van der Waals surface area (Å²) in [7, 11) is 0. The summed E-state index contributed by atoms with van der Waals surface area (Å²) in [4.78, 5) is 24.5. The quantitative estimate of drug-likeness (QED) is 0.704. The van der Waals surface area contributed by atoms with Crippen LogP contribution < -0.4 is 5.32 Å². The van der Waals surface area contributed by atoms with Gasteiger partial charge in [-0.15, -0.1) is 0 Å². The van der Waals surface area contributed by atoms with Crippen molar-refractivity contribution in [1.82, 2.24) is 5.32 Å². The van der Waals surface area contributed by atoms with Gasteiger partial charge in [0.1, 0.15) is 0 Å². The van der Waals surface area contributed by atoms with Crippen molar-refractivity contribution in [3.8, 4) is 0 Å². The van der Waals surface area contributed by atoms with Crippen LogP contribution in [0.4, 0.5) is 13.2 Å². The Hall–Kier alpha value is -2.63. The van der Waals surface area contributed by atoms with Gasteiger partial charge in [-0.3, -0.25) is 9.59 Å². The molecule has 0 fully saturated rings. The Bertz CT molecular complexity index is 890. The molecule has 0 radical (unpaired) electrons. The molecule has 0 aliphatic heterocycles. The number of hydrogen-bond donors (Lipinski definition) is 1. The summed E-state index contributed by atoms with van der Waals surface area (Å²) in [6, 6.07) is 9.99. The molecule has 0 aromatic heterocycles. The van der Waals surface area contributed by atoms with Crippen LogP contribution in [0.15, 0.2) is 42.5 Å². The van der Waals surface area contributed by atoms with E-state index in [9.17, 15) is 22.8 Å². The van der Waals surface area contributed by atoms with Gasteiger partial charge in [-0.25, -0.2) is 0 Å². The number of aryl methyl sites for hydroxylation is 2. The number of carbonyl (C=O) groups is 2. The Balaban J connectivity index is 1.55. The van der Waals surface area contributed by atoms with Gasteiger partial charge in [-0.05, 0) is 61.1 Å². The molecule has 6 heteroatoms. The monoisotopic (exact) mass is 389 g/mol. The molecule has 0 spiro atoms. The molecule has 2 aromatic carbocycles. The molecule has 3 rings (SSSR count). The summed E-state index contributed by atoms with van der Waals surface area (Å²) >= 11 is 0. The number of Topliss-reactive ketones (excluding diaryl/α,β-unsaturated/α-hetero) is 1. The highest BCUT2D eigenvalue weighted by molar-refractivity contribution is 5.98. The minimum Gasteiger partial charge on any atom is -0.350 e. The highest BCUT2D eigenvalue weighted by atomic mass is 19.4. The molecule has 0 bridgehead atoms. The van der Waals surface area contributed by atoms with E-state index in [2.05, 4.69) is 5.32 Å². The summed E-state index contributed by atoms with van der Waals surface area (Å²) in [5, 5.41) is 2.66. The fourth-order valence-electron chi connectivity index (χ4n) is 3.50. The molecule has 1 N–H and O–H groups in total. The SMILES string of the molecule is C[C@H](NC(=O)CCC(=O)c1ccc2c(c1)CCC2)c1cccc(C(F)(F)F)c1. The third kappa shape index (κ3) is 4.80. The van der Waals surface area contributed by atoms with Crippen LogP contribution in [-0.2, 0) is 23.8 Å². The zero-order valence-electron chi connectivity index (χ0n) is 15.6. The molecular formula is C22H22F3NO2. The first-order valence-electron chi connectivity index (χ1n) is 9.35. The number of halogens is 3.